The number of pyridine rings is 1. The summed E-state index contributed by atoms with van der Waals surface area (Å²) in [5.41, 5.74) is 1.52. The lowest BCUT2D eigenvalue weighted by atomic mass is 9.96. The summed E-state index contributed by atoms with van der Waals surface area (Å²) in [6, 6.07) is 15.2. The molecule has 41 heavy (non-hydrogen) atoms. The van der Waals surface area contributed by atoms with Gasteiger partial charge in [-0.05, 0) is 36.0 Å². The Bertz CT molecular complexity index is 1750. The molecule has 1 saturated carbocycles. The van der Waals surface area contributed by atoms with Crippen LogP contribution in [0.1, 0.15) is 74.0 Å². The van der Waals surface area contributed by atoms with E-state index in [-0.39, 0.29) is 22.1 Å². The number of fused-ring (bicyclic) bond motifs is 1. The van der Waals surface area contributed by atoms with E-state index >= 15 is 0 Å². The van der Waals surface area contributed by atoms with Crippen molar-refractivity contribution < 1.29 is 8.78 Å². The Balaban J connectivity index is 1.66. The average Bonchev–Trinajstić information content (AvgIpc) is 3.61. The van der Waals surface area contributed by atoms with E-state index in [4.69, 9.17) is 0 Å². The molecule has 1 unspecified atom stereocenters. The first kappa shape index (κ1) is 27.5. The van der Waals surface area contributed by atoms with Crippen LogP contribution in [0.2, 0.25) is 0 Å². The van der Waals surface area contributed by atoms with Gasteiger partial charge < -0.3 is 10.6 Å². The van der Waals surface area contributed by atoms with Crippen LogP contribution < -0.4 is 10.6 Å². The van der Waals surface area contributed by atoms with E-state index in [0.717, 1.165) is 0 Å². The van der Waals surface area contributed by atoms with Crippen LogP contribution in [0.5, 0.6) is 0 Å². The van der Waals surface area contributed by atoms with Crippen LogP contribution in [-0.4, -0.2) is 26.5 Å². The molecule has 1 fully saturated rings. The zero-order valence-corrected chi connectivity index (χ0v) is 22.8. The monoisotopic (exact) mass is 551 g/mol. The number of hydrogen-bond acceptors (Lipinski definition) is 8. The Hall–Kier alpha value is -5.08. The fourth-order valence-corrected chi connectivity index (χ4v) is 4.68. The summed E-state index contributed by atoms with van der Waals surface area (Å²) in [6.45, 7) is 6.71. The Morgan fingerprint density at radius 1 is 1.05 bits per heavy atom. The molecule has 0 amide bonds. The maximum atomic E-state index is 14.1. The second-order valence-electron chi connectivity index (χ2n) is 11.3. The molecule has 0 aliphatic heterocycles. The van der Waals surface area contributed by atoms with Crippen molar-refractivity contribution in [3.8, 4) is 18.2 Å². The molecule has 206 valence electrons. The van der Waals surface area contributed by atoms with Crippen LogP contribution in [0.4, 0.5) is 20.2 Å². The number of rotatable bonds is 8. The molecule has 2 aromatic heterocycles. The number of alkyl halides is 2. The van der Waals surface area contributed by atoms with E-state index in [1.807, 2.05) is 0 Å². The number of nitrogens with one attached hydrogen (secondary N) is 2. The third-order valence-corrected chi connectivity index (χ3v) is 7.04. The van der Waals surface area contributed by atoms with E-state index in [0.29, 0.717) is 52.9 Å². The summed E-state index contributed by atoms with van der Waals surface area (Å²) in [7, 11) is 0. The molecule has 1 aliphatic rings. The highest BCUT2D eigenvalue weighted by Gasteiger charge is 2.47. The van der Waals surface area contributed by atoms with Crippen molar-refractivity contribution in [3.05, 3.63) is 76.7 Å². The fraction of sp³-hybridized carbons (Fsp3) is 0.333. The molecule has 2 N–H and O–H groups in total. The van der Waals surface area contributed by atoms with Crippen LogP contribution >= 0.6 is 0 Å². The second kappa shape index (κ2) is 10.5. The minimum Gasteiger partial charge on any atom is -0.383 e. The van der Waals surface area contributed by atoms with Crippen molar-refractivity contribution in [2.45, 2.75) is 51.6 Å². The predicted molar refractivity (Wildman–Crippen MR) is 149 cm³/mol. The predicted octanol–water partition coefficient (Wildman–Crippen LogP) is 6.18. The summed E-state index contributed by atoms with van der Waals surface area (Å²) in [4.78, 5) is 4.38. The molecule has 2 aromatic carbocycles. The lowest BCUT2D eigenvalue weighted by Crippen LogP contribution is -2.20. The Kier molecular flexibility index (Phi) is 7.02. The Labute approximate surface area is 236 Å². The summed E-state index contributed by atoms with van der Waals surface area (Å²) in [5, 5.41) is 45.0. The highest BCUT2D eigenvalue weighted by Crippen LogP contribution is 2.43. The molecule has 11 heteroatoms. The number of benzene rings is 2. The van der Waals surface area contributed by atoms with Crippen LogP contribution in [0.25, 0.3) is 10.9 Å². The van der Waals surface area contributed by atoms with Gasteiger partial charge in [0, 0.05) is 29.4 Å². The van der Waals surface area contributed by atoms with Crippen molar-refractivity contribution in [2.24, 2.45) is 5.41 Å². The highest BCUT2D eigenvalue weighted by atomic mass is 19.3. The van der Waals surface area contributed by atoms with Crippen LogP contribution in [0, 0.1) is 39.4 Å². The summed E-state index contributed by atoms with van der Waals surface area (Å²) >= 11 is 0. The molecular formula is C30H27F2N9. The minimum atomic E-state index is -2.75. The van der Waals surface area contributed by atoms with Gasteiger partial charge in [-0.2, -0.15) is 15.8 Å². The molecule has 0 spiro atoms. The largest absolute Gasteiger partial charge is 0.383 e. The molecule has 1 atom stereocenters. The summed E-state index contributed by atoms with van der Waals surface area (Å²) in [6.07, 6.45) is 1.55. The van der Waals surface area contributed by atoms with Crippen LogP contribution in [0.3, 0.4) is 0 Å². The normalized spacial score (nSPS) is 14.6. The van der Waals surface area contributed by atoms with E-state index in [2.05, 4.69) is 64.9 Å². The van der Waals surface area contributed by atoms with Gasteiger partial charge in [0.2, 0.25) is 0 Å². The smallest absolute Gasteiger partial charge is 0.264 e. The van der Waals surface area contributed by atoms with Gasteiger partial charge in [0.05, 0.1) is 40.6 Å². The molecule has 0 radical (unpaired) electrons. The second-order valence-corrected chi connectivity index (χ2v) is 11.3. The zero-order valence-electron chi connectivity index (χ0n) is 22.8. The van der Waals surface area contributed by atoms with E-state index in [1.54, 1.807) is 36.5 Å². The highest BCUT2D eigenvalue weighted by molar-refractivity contribution is 5.99. The average molecular weight is 552 g/mol. The van der Waals surface area contributed by atoms with E-state index in [9.17, 15) is 24.6 Å². The summed E-state index contributed by atoms with van der Waals surface area (Å²) < 4.78 is 29.8. The van der Waals surface area contributed by atoms with Gasteiger partial charge in [-0.3, -0.25) is 4.98 Å². The standard InChI is InChI=1S/C30H27F2N9/c1-29(2,3)17-37-26-19(13-34)14-36-25-18(12-33)10-20(11-23(25)26)38-27(21-6-4-5-7-22(21)28(31)32)24-15-41(40-39-24)30(16-35)8-9-30/h4-7,10-11,14-15,27-28,38H,8-9,17H2,1-3H3,(H,36,37). The van der Waals surface area contributed by atoms with Gasteiger partial charge in [0.25, 0.3) is 6.43 Å². The molecule has 5 rings (SSSR count). The van der Waals surface area contributed by atoms with Gasteiger partial charge in [-0.1, -0.05) is 50.3 Å². The van der Waals surface area contributed by atoms with Crippen molar-refractivity contribution in [3.63, 3.8) is 0 Å². The van der Waals surface area contributed by atoms with Crippen molar-refractivity contribution in [1.29, 1.82) is 15.8 Å². The molecule has 9 nitrogen and oxygen atoms in total. The Morgan fingerprint density at radius 2 is 1.76 bits per heavy atom. The molecule has 1 aliphatic carbocycles. The van der Waals surface area contributed by atoms with Gasteiger partial charge >= 0.3 is 0 Å². The van der Waals surface area contributed by atoms with E-state index < -0.39 is 18.0 Å². The SMILES string of the molecule is CC(C)(C)CNc1c(C#N)cnc2c(C#N)cc(NC(c3cn(C4(C#N)CC4)nn3)c3ccccc3C(F)F)cc12. The van der Waals surface area contributed by atoms with Gasteiger partial charge in [0.1, 0.15) is 17.8 Å². The molecule has 4 aromatic rings. The molecule has 0 bridgehead atoms. The lowest BCUT2D eigenvalue weighted by Gasteiger charge is -2.23. The van der Waals surface area contributed by atoms with Gasteiger partial charge in [0.15, 0.2) is 5.54 Å². The number of anilines is 2. The van der Waals surface area contributed by atoms with Crippen molar-refractivity contribution >= 4 is 22.3 Å². The first-order valence-corrected chi connectivity index (χ1v) is 13.1. The topological polar surface area (TPSA) is 139 Å². The van der Waals surface area contributed by atoms with Gasteiger partial charge in [-0.25, -0.2) is 13.5 Å². The van der Waals surface area contributed by atoms with Gasteiger partial charge in [-0.15, -0.1) is 5.10 Å². The van der Waals surface area contributed by atoms with Crippen molar-refractivity contribution in [1.82, 2.24) is 20.0 Å². The number of halogens is 2. The number of hydrogen-bond donors (Lipinski definition) is 2. The van der Waals surface area contributed by atoms with Crippen molar-refractivity contribution in [2.75, 3.05) is 17.2 Å². The number of nitrogens with zero attached hydrogens (tertiary/aromatic N) is 7. The first-order valence-electron chi connectivity index (χ1n) is 13.1. The minimum absolute atomic E-state index is 0.103. The van der Waals surface area contributed by atoms with Crippen LogP contribution in [0.15, 0.2) is 48.8 Å². The lowest BCUT2D eigenvalue weighted by molar-refractivity contribution is 0.150. The third-order valence-electron chi connectivity index (χ3n) is 7.04. The first-order chi connectivity index (χ1) is 19.6. The molecule has 2 heterocycles. The van der Waals surface area contributed by atoms with Crippen LogP contribution in [-0.2, 0) is 5.54 Å². The summed E-state index contributed by atoms with van der Waals surface area (Å²) in [5.74, 6) is 0. The maximum absolute atomic E-state index is 14.1. The van der Waals surface area contributed by atoms with E-state index in [1.165, 1.54) is 16.9 Å². The number of aromatic nitrogens is 4. The third kappa shape index (κ3) is 5.37. The Morgan fingerprint density at radius 3 is 2.37 bits per heavy atom. The zero-order chi connectivity index (χ0) is 29.4. The number of nitriles is 3. The quantitative estimate of drug-likeness (QED) is 0.265. The molecular weight excluding hydrogens is 524 g/mol. The maximum Gasteiger partial charge on any atom is 0.264 e. The molecule has 0 saturated heterocycles. The fourth-order valence-electron chi connectivity index (χ4n) is 4.68.